The van der Waals surface area contributed by atoms with Crippen molar-refractivity contribution in [3.63, 3.8) is 0 Å². The maximum atomic E-state index is 11.9. The summed E-state index contributed by atoms with van der Waals surface area (Å²) in [5.74, 6) is -0.492. The van der Waals surface area contributed by atoms with E-state index < -0.39 is 12.0 Å². The highest BCUT2D eigenvalue weighted by Crippen LogP contribution is 2.42. The standard InChI is InChI=1S/C11H12N4O3S/c1-14-3-2-13-8(14)7-5(11(17)18)4-19-10-6(12)9(16)15(7)10/h2-3,6,10H,4,12H2,1H3,(H,17,18)/t6-,10-/m1/s1. The number of rotatable bonds is 2. The fourth-order valence-corrected chi connectivity index (χ4v) is 3.56. The molecule has 1 aromatic heterocycles. The second kappa shape index (κ2) is 4.10. The minimum absolute atomic E-state index is 0.191. The molecular formula is C11H12N4O3S. The van der Waals surface area contributed by atoms with Gasteiger partial charge in [0.25, 0.3) is 0 Å². The highest BCUT2D eigenvalue weighted by Gasteiger charge is 2.51. The molecule has 1 fully saturated rings. The smallest absolute Gasteiger partial charge is 0.334 e. The Balaban J connectivity index is 2.15. The number of aromatic nitrogens is 2. The monoisotopic (exact) mass is 280 g/mol. The first-order chi connectivity index (χ1) is 9.02. The van der Waals surface area contributed by atoms with Gasteiger partial charge in [0.1, 0.15) is 11.4 Å². The van der Waals surface area contributed by atoms with Crippen LogP contribution in [0.4, 0.5) is 0 Å². The maximum absolute atomic E-state index is 11.9. The fourth-order valence-electron chi connectivity index (χ4n) is 2.28. The summed E-state index contributed by atoms with van der Waals surface area (Å²) >= 11 is 1.37. The first-order valence-corrected chi connectivity index (χ1v) is 6.71. The molecule has 2 atom stereocenters. The van der Waals surface area contributed by atoms with Crippen LogP contribution in [0.2, 0.25) is 0 Å². The molecule has 3 heterocycles. The molecule has 2 aliphatic heterocycles. The summed E-state index contributed by atoms with van der Waals surface area (Å²) in [5, 5.41) is 9.11. The molecule has 0 saturated carbocycles. The van der Waals surface area contributed by atoms with Crippen molar-refractivity contribution >= 4 is 29.3 Å². The van der Waals surface area contributed by atoms with Gasteiger partial charge in [0.2, 0.25) is 5.91 Å². The van der Waals surface area contributed by atoms with Crippen molar-refractivity contribution in [1.82, 2.24) is 14.5 Å². The quantitative estimate of drug-likeness (QED) is 0.705. The minimum atomic E-state index is -1.03. The zero-order valence-electron chi connectivity index (χ0n) is 10.1. The first kappa shape index (κ1) is 12.2. The molecule has 7 nitrogen and oxygen atoms in total. The van der Waals surface area contributed by atoms with E-state index in [1.807, 2.05) is 0 Å². The van der Waals surface area contributed by atoms with E-state index >= 15 is 0 Å². The number of carbonyl (C=O) groups is 2. The lowest BCUT2D eigenvalue weighted by Gasteiger charge is -2.48. The molecule has 0 spiro atoms. The number of nitrogens with zero attached hydrogens (tertiary/aromatic N) is 3. The first-order valence-electron chi connectivity index (χ1n) is 5.66. The van der Waals surface area contributed by atoms with Crippen LogP contribution in [0.3, 0.4) is 0 Å². The summed E-state index contributed by atoms with van der Waals surface area (Å²) in [6.07, 6.45) is 3.28. The van der Waals surface area contributed by atoms with Crippen molar-refractivity contribution in [2.75, 3.05) is 5.75 Å². The van der Waals surface area contributed by atoms with Crippen LogP contribution >= 0.6 is 11.8 Å². The Bertz CT molecular complexity index is 609. The van der Waals surface area contributed by atoms with E-state index in [9.17, 15) is 14.7 Å². The van der Waals surface area contributed by atoms with Gasteiger partial charge in [-0.2, -0.15) is 0 Å². The summed E-state index contributed by atoms with van der Waals surface area (Å²) in [6, 6.07) is -0.560. The SMILES string of the molecule is Cn1ccnc1C1=C(C(=O)O)CS[C@@H]2[C@H](N)C(=O)N12. The largest absolute Gasteiger partial charge is 0.478 e. The number of carbonyl (C=O) groups excluding carboxylic acids is 1. The molecule has 1 aromatic rings. The van der Waals surface area contributed by atoms with Crippen molar-refractivity contribution in [3.05, 3.63) is 23.8 Å². The Kier molecular flexibility index (Phi) is 2.64. The van der Waals surface area contributed by atoms with Gasteiger partial charge in [0.15, 0.2) is 5.82 Å². The van der Waals surface area contributed by atoms with Gasteiger partial charge in [-0.3, -0.25) is 9.69 Å². The molecule has 1 amide bonds. The van der Waals surface area contributed by atoms with Crippen molar-refractivity contribution in [2.24, 2.45) is 12.8 Å². The van der Waals surface area contributed by atoms with Crippen LogP contribution in [0.5, 0.6) is 0 Å². The number of carboxylic acids is 1. The van der Waals surface area contributed by atoms with Gasteiger partial charge < -0.3 is 15.4 Å². The maximum Gasteiger partial charge on any atom is 0.334 e. The third-order valence-electron chi connectivity index (χ3n) is 3.30. The normalized spacial score (nSPS) is 26.2. The summed E-state index contributed by atoms with van der Waals surface area (Å²) < 4.78 is 1.70. The molecule has 0 radical (unpaired) electrons. The minimum Gasteiger partial charge on any atom is -0.478 e. The van der Waals surface area contributed by atoms with E-state index in [0.717, 1.165) is 0 Å². The summed E-state index contributed by atoms with van der Waals surface area (Å²) in [7, 11) is 1.76. The van der Waals surface area contributed by atoms with Gasteiger partial charge in [-0.15, -0.1) is 11.8 Å². The van der Waals surface area contributed by atoms with E-state index in [1.54, 1.807) is 24.0 Å². The van der Waals surface area contributed by atoms with Crippen LogP contribution in [0, 0.1) is 0 Å². The number of thioether (sulfide) groups is 1. The number of hydrogen-bond donors (Lipinski definition) is 2. The molecule has 0 aliphatic carbocycles. The number of fused-ring (bicyclic) bond motifs is 1. The molecule has 3 rings (SSSR count). The number of amides is 1. The molecular weight excluding hydrogens is 268 g/mol. The number of aryl methyl sites for hydroxylation is 1. The van der Waals surface area contributed by atoms with E-state index in [2.05, 4.69) is 4.98 Å². The molecule has 0 unspecified atom stereocenters. The predicted octanol–water partition coefficient (Wildman–Crippen LogP) is -0.542. The molecule has 1 saturated heterocycles. The van der Waals surface area contributed by atoms with Crippen LogP contribution < -0.4 is 5.73 Å². The Morgan fingerprint density at radius 3 is 2.95 bits per heavy atom. The average Bonchev–Trinajstić information content (AvgIpc) is 2.81. The van der Waals surface area contributed by atoms with Gasteiger partial charge in [0.05, 0.1) is 11.3 Å². The molecule has 0 bridgehead atoms. The third kappa shape index (κ3) is 1.60. The molecule has 3 N–H and O–H groups in total. The molecule has 100 valence electrons. The van der Waals surface area contributed by atoms with Crippen LogP contribution in [0.1, 0.15) is 5.82 Å². The number of imidazole rings is 1. The van der Waals surface area contributed by atoms with Gasteiger partial charge in [-0.1, -0.05) is 0 Å². The van der Waals surface area contributed by atoms with Gasteiger partial charge in [-0.25, -0.2) is 9.78 Å². The van der Waals surface area contributed by atoms with Gasteiger partial charge in [0, 0.05) is 25.2 Å². The molecule has 2 aliphatic rings. The lowest BCUT2D eigenvalue weighted by molar-refractivity contribution is -0.139. The number of nitrogens with two attached hydrogens (primary N) is 1. The van der Waals surface area contributed by atoms with Crippen LogP contribution in [0.25, 0.3) is 5.70 Å². The second-order valence-electron chi connectivity index (χ2n) is 4.43. The van der Waals surface area contributed by atoms with E-state index in [1.165, 1.54) is 16.7 Å². The summed E-state index contributed by atoms with van der Waals surface area (Å²) in [4.78, 5) is 28.9. The van der Waals surface area contributed by atoms with E-state index in [0.29, 0.717) is 17.3 Å². The summed E-state index contributed by atoms with van der Waals surface area (Å²) in [5.41, 5.74) is 6.30. The Morgan fingerprint density at radius 2 is 2.37 bits per heavy atom. The van der Waals surface area contributed by atoms with Gasteiger partial charge in [-0.05, 0) is 0 Å². The zero-order chi connectivity index (χ0) is 13.7. The second-order valence-corrected chi connectivity index (χ2v) is 5.53. The molecule has 0 aromatic carbocycles. The lowest BCUT2D eigenvalue weighted by atomic mass is 10.0. The Morgan fingerprint density at radius 1 is 1.63 bits per heavy atom. The highest BCUT2D eigenvalue weighted by molar-refractivity contribution is 8.00. The lowest BCUT2D eigenvalue weighted by Crippen LogP contribution is -2.67. The van der Waals surface area contributed by atoms with Crippen LogP contribution in [-0.2, 0) is 16.6 Å². The van der Waals surface area contributed by atoms with Crippen molar-refractivity contribution < 1.29 is 14.7 Å². The topological polar surface area (TPSA) is 101 Å². The molecule has 8 heteroatoms. The molecule has 19 heavy (non-hydrogen) atoms. The number of hydrogen-bond acceptors (Lipinski definition) is 5. The Hall–Kier alpha value is -1.80. The average molecular weight is 280 g/mol. The number of aliphatic carboxylic acids is 1. The van der Waals surface area contributed by atoms with Crippen molar-refractivity contribution in [1.29, 1.82) is 0 Å². The zero-order valence-corrected chi connectivity index (χ0v) is 10.9. The van der Waals surface area contributed by atoms with Crippen LogP contribution in [-0.4, -0.2) is 48.6 Å². The Labute approximate surface area is 113 Å². The van der Waals surface area contributed by atoms with Gasteiger partial charge >= 0.3 is 5.97 Å². The highest BCUT2D eigenvalue weighted by atomic mass is 32.2. The van der Waals surface area contributed by atoms with Crippen molar-refractivity contribution in [3.8, 4) is 0 Å². The summed E-state index contributed by atoms with van der Waals surface area (Å²) in [6.45, 7) is 0. The fraction of sp³-hybridized carbons (Fsp3) is 0.364. The van der Waals surface area contributed by atoms with E-state index in [4.69, 9.17) is 5.73 Å². The third-order valence-corrected chi connectivity index (χ3v) is 4.60. The van der Waals surface area contributed by atoms with Crippen LogP contribution in [0.15, 0.2) is 18.0 Å². The van der Waals surface area contributed by atoms with E-state index in [-0.39, 0.29) is 16.9 Å². The number of β-lactam (4-membered cyclic amide) rings is 1. The number of carboxylic acid groups (broad SMARTS) is 1. The van der Waals surface area contributed by atoms with Crippen molar-refractivity contribution in [2.45, 2.75) is 11.4 Å². The predicted molar refractivity (Wildman–Crippen MR) is 68.8 cm³/mol.